The summed E-state index contributed by atoms with van der Waals surface area (Å²) in [5, 5.41) is 21.8. The third-order valence-corrected chi connectivity index (χ3v) is 5.85. The van der Waals surface area contributed by atoms with Crippen molar-refractivity contribution in [2.24, 2.45) is 0 Å². The third-order valence-electron chi connectivity index (χ3n) is 5.85. The van der Waals surface area contributed by atoms with E-state index in [1.165, 1.54) is 11.0 Å². The highest BCUT2D eigenvalue weighted by Gasteiger charge is 2.39. The number of carbonyl (C=O) groups excluding carboxylic acids is 1. The summed E-state index contributed by atoms with van der Waals surface area (Å²) >= 11 is 0. The van der Waals surface area contributed by atoms with E-state index in [9.17, 15) is 20.2 Å². The Balaban J connectivity index is 1.93. The standard InChI is InChI=1S/C22H30N4O5/c1-21(2,3)24(6)20(27)30-15-8-7-9-25(13-15)18-16(12-23)19-14(10-17(18)26(28)29)11-22(4,5)31-19/h10,15H,7-9,11,13H2,1-6H3/t15-/m0/s1. The van der Waals surface area contributed by atoms with Crippen molar-refractivity contribution in [2.75, 3.05) is 25.0 Å². The molecule has 2 aliphatic heterocycles. The van der Waals surface area contributed by atoms with Gasteiger partial charge in [0.15, 0.2) is 0 Å². The quantitative estimate of drug-likeness (QED) is 0.526. The zero-order valence-electron chi connectivity index (χ0n) is 19.0. The highest BCUT2D eigenvalue weighted by molar-refractivity contribution is 5.78. The molecule has 0 aromatic heterocycles. The normalized spacial score (nSPS) is 19.8. The average Bonchev–Trinajstić information content (AvgIpc) is 2.98. The van der Waals surface area contributed by atoms with Crippen molar-refractivity contribution in [2.45, 2.75) is 71.1 Å². The van der Waals surface area contributed by atoms with Crippen LogP contribution in [0.2, 0.25) is 0 Å². The van der Waals surface area contributed by atoms with Crippen LogP contribution in [0, 0.1) is 21.4 Å². The van der Waals surface area contributed by atoms with Gasteiger partial charge in [-0.1, -0.05) is 0 Å². The van der Waals surface area contributed by atoms with Gasteiger partial charge in [0.2, 0.25) is 0 Å². The first-order valence-corrected chi connectivity index (χ1v) is 10.5. The molecular weight excluding hydrogens is 400 g/mol. The van der Waals surface area contributed by atoms with Gasteiger partial charge in [0, 0.05) is 37.2 Å². The molecule has 2 heterocycles. The summed E-state index contributed by atoms with van der Waals surface area (Å²) in [4.78, 5) is 27.3. The lowest BCUT2D eigenvalue weighted by Gasteiger charge is -2.37. The van der Waals surface area contributed by atoms with E-state index in [4.69, 9.17) is 9.47 Å². The molecule has 0 unspecified atom stereocenters. The van der Waals surface area contributed by atoms with E-state index in [1.54, 1.807) is 11.9 Å². The number of piperidine rings is 1. The average molecular weight is 431 g/mol. The number of nitriles is 1. The lowest BCUT2D eigenvalue weighted by molar-refractivity contribution is -0.384. The minimum atomic E-state index is -0.530. The van der Waals surface area contributed by atoms with Crippen molar-refractivity contribution in [3.05, 3.63) is 27.3 Å². The second kappa shape index (κ2) is 7.91. The van der Waals surface area contributed by atoms with Crippen LogP contribution in [0.15, 0.2) is 6.07 Å². The van der Waals surface area contributed by atoms with Gasteiger partial charge in [-0.05, 0) is 47.5 Å². The number of nitrogens with zero attached hydrogens (tertiary/aromatic N) is 4. The fraction of sp³-hybridized carbons (Fsp3) is 0.636. The molecule has 0 N–H and O–H groups in total. The van der Waals surface area contributed by atoms with Crippen molar-refractivity contribution in [1.29, 1.82) is 5.26 Å². The molecule has 1 aromatic carbocycles. The monoisotopic (exact) mass is 430 g/mol. The van der Waals surface area contributed by atoms with Gasteiger partial charge in [0.25, 0.3) is 5.69 Å². The fourth-order valence-electron chi connectivity index (χ4n) is 4.01. The van der Waals surface area contributed by atoms with Crippen LogP contribution in [0.4, 0.5) is 16.2 Å². The minimum absolute atomic E-state index is 0.115. The van der Waals surface area contributed by atoms with E-state index in [2.05, 4.69) is 6.07 Å². The first-order valence-electron chi connectivity index (χ1n) is 10.5. The van der Waals surface area contributed by atoms with Gasteiger partial charge in [-0.3, -0.25) is 10.1 Å². The van der Waals surface area contributed by atoms with E-state index in [1.807, 2.05) is 34.6 Å². The zero-order chi connectivity index (χ0) is 23.1. The highest BCUT2D eigenvalue weighted by Crippen LogP contribution is 2.46. The highest BCUT2D eigenvalue weighted by atomic mass is 16.6. The number of anilines is 1. The van der Waals surface area contributed by atoms with Crippen LogP contribution < -0.4 is 9.64 Å². The van der Waals surface area contributed by atoms with Crippen LogP contribution in [-0.2, 0) is 11.2 Å². The maximum atomic E-state index is 12.5. The predicted octanol–water partition coefficient (Wildman–Crippen LogP) is 4.02. The Morgan fingerprint density at radius 1 is 1.45 bits per heavy atom. The first-order chi connectivity index (χ1) is 14.3. The summed E-state index contributed by atoms with van der Waals surface area (Å²) < 4.78 is 11.7. The number of hydrogen-bond donors (Lipinski definition) is 0. The van der Waals surface area contributed by atoms with Gasteiger partial charge in [-0.25, -0.2) is 4.79 Å². The van der Waals surface area contributed by atoms with Crippen LogP contribution in [0.25, 0.3) is 0 Å². The molecule has 3 rings (SSSR count). The van der Waals surface area contributed by atoms with Crippen LogP contribution in [0.3, 0.4) is 0 Å². The van der Waals surface area contributed by atoms with Crippen LogP contribution in [-0.4, -0.2) is 53.3 Å². The van der Waals surface area contributed by atoms with E-state index in [-0.39, 0.29) is 29.0 Å². The number of benzene rings is 1. The summed E-state index contributed by atoms with van der Waals surface area (Å²) in [5.74, 6) is 0.416. The van der Waals surface area contributed by atoms with Gasteiger partial charge in [0.05, 0.1) is 11.5 Å². The molecule has 9 nitrogen and oxygen atoms in total. The molecular formula is C22H30N4O5. The van der Waals surface area contributed by atoms with Crippen molar-refractivity contribution >= 4 is 17.5 Å². The van der Waals surface area contributed by atoms with Crippen molar-refractivity contribution in [3.63, 3.8) is 0 Å². The molecule has 1 fully saturated rings. The van der Waals surface area contributed by atoms with Crippen molar-refractivity contribution in [1.82, 2.24) is 4.90 Å². The molecule has 0 aliphatic carbocycles. The van der Waals surface area contributed by atoms with Gasteiger partial charge < -0.3 is 19.3 Å². The van der Waals surface area contributed by atoms with E-state index in [0.717, 1.165) is 0 Å². The molecule has 1 atom stereocenters. The van der Waals surface area contributed by atoms with Gasteiger partial charge in [-0.2, -0.15) is 5.26 Å². The lowest BCUT2D eigenvalue weighted by atomic mass is 9.97. The van der Waals surface area contributed by atoms with E-state index < -0.39 is 22.7 Å². The van der Waals surface area contributed by atoms with Gasteiger partial charge in [-0.15, -0.1) is 0 Å². The Morgan fingerprint density at radius 3 is 2.71 bits per heavy atom. The SMILES string of the molecule is CN(C(=O)O[C@H]1CCCN(c2c([N+](=O)[O-])cc3c(c2C#N)OC(C)(C)C3)C1)C(C)(C)C. The summed E-state index contributed by atoms with van der Waals surface area (Å²) in [5.41, 5.74) is 0.0573. The van der Waals surface area contributed by atoms with Crippen LogP contribution in [0.5, 0.6) is 5.75 Å². The van der Waals surface area contributed by atoms with Crippen LogP contribution >= 0.6 is 0 Å². The number of nitro benzene ring substituents is 1. The molecule has 1 amide bonds. The van der Waals surface area contributed by atoms with Gasteiger partial charge in [0.1, 0.15) is 34.8 Å². The second-order valence-electron chi connectivity index (χ2n) is 9.84. The fourth-order valence-corrected chi connectivity index (χ4v) is 4.01. The maximum Gasteiger partial charge on any atom is 0.410 e. The zero-order valence-corrected chi connectivity index (χ0v) is 19.0. The minimum Gasteiger partial charge on any atom is -0.486 e. The maximum absolute atomic E-state index is 12.5. The predicted molar refractivity (Wildman–Crippen MR) is 115 cm³/mol. The second-order valence-corrected chi connectivity index (χ2v) is 9.84. The Bertz CT molecular complexity index is 945. The third kappa shape index (κ3) is 4.53. The molecule has 0 saturated carbocycles. The number of ether oxygens (including phenoxy) is 2. The Labute approximate surface area is 182 Å². The molecule has 0 bridgehead atoms. The van der Waals surface area contributed by atoms with Crippen LogP contribution in [0.1, 0.15) is 58.6 Å². The topological polar surface area (TPSA) is 109 Å². The molecule has 1 saturated heterocycles. The Morgan fingerprint density at radius 2 is 2.13 bits per heavy atom. The summed E-state index contributed by atoms with van der Waals surface area (Å²) in [6, 6.07) is 3.65. The van der Waals surface area contributed by atoms with Gasteiger partial charge >= 0.3 is 6.09 Å². The number of fused-ring (bicyclic) bond motifs is 1. The smallest absolute Gasteiger partial charge is 0.410 e. The molecule has 9 heteroatoms. The number of rotatable bonds is 3. The lowest BCUT2D eigenvalue weighted by Crippen LogP contribution is -2.47. The van der Waals surface area contributed by atoms with Crippen molar-refractivity contribution in [3.8, 4) is 11.8 Å². The van der Waals surface area contributed by atoms with E-state index >= 15 is 0 Å². The number of amides is 1. The molecule has 0 spiro atoms. The first kappa shape index (κ1) is 22.7. The number of nitro groups is 1. The summed E-state index contributed by atoms with van der Waals surface area (Å²) in [6.07, 6.45) is 0.973. The van der Waals surface area contributed by atoms with Crippen molar-refractivity contribution < 1.29 is 19.2 Å². The summed E-state index contributed by atoms with van der Waals surface area (Å²) in [6.45, 7) is 10.3. The number of hydrogen-bond acceptors (Lipinski definition) is 7. The Kier molecular flexibility index (Phi) is 5.78. The Hall–Kier alpha value is -3.02. The van der Waals surface area contributed by atoms with E-state index in [0.29, 0.717) is 37.1 Å². The molecule has 0 radical (unpaired) electrons. The molecule has 31 heavy (non-hydrogen) atoms. The summed E-state index contributed by atoms with van der Waals surface area (Å²) in [7, 11) is 1.68. The molecule has 2 aliphatic rings. The molecule has 168 valence electrons. The largest absolute Gasteiger partial charge is 0.486 e. The number of carbonyl (C=O) groups is 1. The molecule has 1 aromatic rings.